The van der Waals surface area contributed by atoms with Crippen LogP contribution in [0.4, 0.5) is 0 Å². The predicted octanol–water partition coefficient (Wildman–Crippen LogP) is 2.10. The number of fused-ring (bicyclic) bond motifs is 1. The lowest BCUT2D eigenvalue weighted by Gasteiger charge is -2.42. The van der Waals surface area contributed by atoms with Gasteiger partial charge in [-0.3, -0.25) is 9.69 Å². The fraction of sp³-hybridized carbons (Fsp3) is 0.417. The molecule has 4 rings (SSSR count). The molecule has 0 N–H and O–H groups in total. The van der Waals surface area contributed by atoms with Crippen molar-refractivity contribution in [3.8, 4) is 0 Å². The number of methoxy groups -OCH3 is 1. The second-order valence-electron chi connectivity index (χ2n) is 8.19. The van der Waals surface area contributed by atoms with Crippen molar-refractivity contribution in [2.45, 2.75) is 25.0 Å². The molecule has 6 heteroatoms. The Morgan fingerprint density at radius 2 is 1.70 bits per heavy atom. The summed E-state index contributed by atoms with van der Waals surface area (Å²) in [6, 6.07) is 17.9. The van der Waals surface area contributed by atoms with Gasteiger partial charge in [-0.1, -0.05) is 54.6 Å². The van der Waals surface area contributed by atoms with Crippen LogP contribution in [0, 0.1) is 0 Å². The maximum absolute atomic E-state index is 13.4. The van der Waals surface area contributed by atoms with Crippen molar-refractivity contribution in [3.63, 3.8) is 0 Å². The number of piperazine rings is 1. The summed E-state index contributed by atoms with van der Waals surface area (Å²) >= 11 is 0. The molecule has 2 aliphatic heterocycles. The molecular weight excluding hydrogens is 378 g/mol. The van der Waals surface area contributed by atoms with Gasteiger partial charge in [-0.25, -0.2) is 4.79 Å². The van der Waals surface area contributed by atoms with Gasteiger partial charge in [0, 0.05) is 38.6 Å². The van der Waals surface area contributed by atoms with E-state index in [9.17, 15) is 9.59 Å². The average molecular weight is 408 g/mol. The Morgan fingerprint density at radius 3 is 2.43 bits per heavy atom. The summed E-state index contributed by atoms with van der Waals surface area (Å²) in [4.78, 5) is 32.1. The van der Waals surface area contributed by atoms with Gasteiger partial charge in [0.2, 0.25) is 5.91 Å². The van der Waals surface area contributed by atoms with Crippen LogP contribution >= 0.6 is 0 Å². The van der Waals surface area contributed by atoms with Gasteiger partial charge in [-0.2, -0.15) is 0 Å². The van der Waals surface area contributed by atoms with Crippen molar-refractivity contribution in [2.24, 2.45) is 0 Å². The van der Waals surface area contributed by atoms with E-state index < -0.39 is 6.04 Å². The van der Waals surface area contributed by atoms with Crippen LogP contribution in [-0.2, 0) is 27.3 Å². The molecule has 30 heavy (non-hydrogen) atoms. The number of hydrogen-bond acceptors (Lipinski definition) is 5. The minimum Gasteiger partial charge on any atom is -0.467 e. The minimum atomic E-state index is -0.569. The smallest absolute Gasteiger partial charge is 0.328 e. The number of carbonyl (C=O) groups is 2. The highest BCUT2D eigenvalue weighted by Crippen LogP contribution is 2.27. The normalized spacial score (nSPS) is 22.4. The van der Waals surface area contributed by atoms with Gasteiger partial charge in [-0.05, 0) is 23.7 Å². The number of esters is 1. The van der Waals surface area contributed by atoms with Gasteiger partial charge in [0.05, 0.1) is 13.7 Å². The van der Waals surface area contributed by atoms with Crippen molar-refractivity contribution in [1.82, 2.24) is 14.7 Å². The molecule has 2 unspecified atom stereocenters. The monoisotopic (exact) mass is 407 g/mol. The van der Waals surface area contributed by atoms with Gasteiger partial charge in [0.25, 0.3) is 0 Å². The van der Waals surface area contributed by atoms with Crippen LogP contribution in [0.25, 0.3) is 0 Å². The van der Waals surface area contributed by atoms with Gasteiger partial charge in [0.15, 0.2) is 0 Å². The van der Waals surface area contributed by atoms with E-state index in [1.807, 2.05) is 42.5 Å². The van der Waals surface area contributed by atoms with Crippen LogP contribution in [0.15, 0.2) is 54.6 Å². The Bertz CT molecular complexity index is 902. The molecular formula is C24H29N3O3. The molecule has 1 amide bonds. The molecule has 2 atom stereocenters. The standard InChI is InChI=1S/C24H29N3O3/c1-25-12-13-26(22(16-25)18-8-4-3-5-9-18)17-23(28)27-15-20-11-7-6-10-19(20)14-21(27)24(29)30-2/h3-11,21-22H,12-17H2,1-2H3. The molecule has 0 saturated carbocycles. The quantitative estimate of drug-likeness (QED) is 0.727. The first-order chi connectivity index (χ1) is 14.6. The first-order valence-electron chi connectivity index (χ1n) is 10.5. The predicted molar refractivity (Wildman–Crippen MR) is 115 cm³/mol. The lowest BCUT2D eigenvalue weighted by atomic mass is 9.93. The SMILES string of the molecule is COC(=O)C1Cc2ccccc2CN1C(=O)CN1CCN(C)CC1c1ccccc1. The van der Waals surface area contributed by atoms with E-state index in [0.29, 0.717) is 19.5 Å². The lowest BCUT2D eigenvalue weighted by molar-refractivity contribution is -0.154. The first kappa shape index (κ1) is 20.6. The van der Waals surface area contributed by atoms with Gasteiger partial charge < -0.3 is 14.5 Å². The number of rotatable bonds is 4. The summed E-state index contributed by atoms with van der Waals surface area (Å²) in [5.41, 5.74) is 3.42. The Hall–Kier alpha value is -2.70. The lowest BCUT2D eigenvalue weighted by Crippen LogP contribution is -2.54. The zero-order valence-electron chi connectivity index (χ0n) is 17.7. The van der Waals surface area contributed by atoms with E-state index in [1.165, 1.54) is 12.7 Å². The zero-order chi connectivity index (χ0) is 21.1. The number of amides is 1. The van der Waals surface area contributed by atoms with Crippen LogP contribution in [0.3, 0.4) is 0 Å². The van der Waals surface area contributed by atoms with Crippen molar-refractivity contribution in [2.75, 3.05) is 40.3 Å². The Labute approximate surface area is 178 Å². The Morgan fingerprint density at radius 1 is 1.00 bits per heavy atom. The van der Waals surface area contributed by atoms with Gasteiger partial charge in [0.1, 0.15) is 6.04 Å². The van der Waals surface area contributed by atoms with Crippen molar-refractivity contribution < 1.29 is 14.3 Å². The molecule has 0 bridgehead atoms. The highest BCUT2D eigenvalue weighted by atomic mass is 16.5. The number of benzene rings is 2. The van der Waals surface area contributed by atoms with Crippen molar-refractivity contribution in [1.29, 1.82) is 0 Å². The number of ether oxygens (including phenoxy) is 1. The molecule has 1 fully saturated rings. The van der Waals surface area contributed by atoms with Crippen LogP contribution in [-0.4, -0.2) is 73.0 Å². The van der Waals surface area contributed by atoms with Crippen LogP contribution < -0.4 is 0 Å². The zero-order valence-corrected chi connectivity index (χ0v) is 17.7. The largest absolute Gasteiger partial charge is 0.467 e. The number of carbonyl (C=O) groups excluding carboxylic acids is 2. The minimum absolute atomic E-state index is 0.0228. The highest BCUT2D eigenvalue weighted by Gasteiger charge is 2.37. The highest BCUT2D eigenvalue weighted by molar-refractivity contribution is 5.86. The average Bonchev–Trinajstić information content (AvgIpc) is 2.79. The maximum Gasteiger partial charge on any atom is 0.328 e. The van der Waals surface area contributed by atoms with Crippen LogP contribution in [0.1, 0.15) is 22.7 Å². The van der Waals surface area contributed by atoms with E-state index in [0.717, 1.165) is 30.8 Å². The fourth-order valence-electron chi connectivity index (χ4n) is 4.53. The molecule has 2 aliphatic rings. The molecule has 6 nitrogen and oxygen atoms in total. The molecule has 158 valence electrons. The Balaban J connectivity index is 1.55. The number of likely N-dealkylation sites (N-methyl/N-ethyl adjacent to an activating group) is 1. The van der Waals surface area contributed by atoms with E-state index >= 15 is 0 Å². The van der Waals surface area contributed by atoms with Gasteiger partial charge >= 0.3 is 5.97 Å². The summed E-state index contributed by atoms with van der Waals surface area (Å²) in [7, 11) is 3.50. The first-order valence-corrected chi connectivity index (χ1v) is 10.5. The maximum atomic E-state index is 13.4. The summed E-state index contributed by atoms with van der Waals surface area (Å²) in [5.74, 6) is -0.374. The molecule has 0 spiro atoms. The number of nitrogens with zero attached hydrogens (tertiary/aromatic N) is 3. The molecule has 2 aromatic rings. The van der Waals surface area contributed by atoms with Crippen molar-refractivity contribution >= 4 is 11.9 Å². The van der Waals surface area contributed by atoms with Crippen LogP contribution in [0.2, 0.25) is 0 Å². The van der Waals surface area contributed by atoms with Crippen molar-refractivity contribution in [3.05, 3.63) is 71.3 Å². The molecule has 1 saturated heterocycles. The second-order valence-corrected chi connectivity index (χ2v) is 8.19. The Kier molecular flexibility index (Phi) is 6.16. The molecule has 2 aromatic carbocycles. The molecule has 0 aromatic heterocycles. The van der Waals surface area contributed by atoms with Crippen LogP contribution in [0.5, 0.6) is 0 Å². The van der Waals surface area contributed by atoms with E-state index in [4.69, 9.17) is 4.74 Å². The molecule has 0 radical (unpaired) electrons. The van der Waals surface area contributed by atoms with E-state index in [1.54, 1.807) is 4.90 Å². The van der Waals surface area contributed by atoms with Gasteiger partial charge in [-0.15, -0.1) is 0 Å². The van der Waals surface area contributed by atoms with E-state index in [2.05, 4.69) is 29.0 Å². The topological polar surface area (TPSA) is 53.1 Å². The second kappa shape index (κ2) is 8.98. The fourth-order valence-corrected chi connectivity index (χ4v) is 4.53. The summed E-state index contributed by atoms with van der Waals surface area (Å²) < 4.78 is 5.03. The summed E-state index contributed by atoms with van der Waals surface area (Å²) in [5, 5.41) is 0. The summed E-state index contributed by atoms with van der Waals surface area (Å²) in [6.45, 7) is 3.34. The third kappa shape index (κ3) is 4.25. The molecule has 0 aliphatic carbocycles. The summed E-state index contributed by atoms with van der Waals surface area (Å²) in [6.07, 6.45) is 0.499. The van der Waals surface area contributed by atoms with E-state index in [-0.39, 0.29) is 17.9 Å². The number of hydrogen-bond donors (Lipinski definition) is 0. The third-order valence-electron chi connectivity index (χ3n) is 6.26. The molecule has 2 heterocycles. The third-order valence-corrected chi connectivity index (χ3v) is 6.26.